The van der Waals surface area contributed by atoms with Crippen molar-refractivity contribution < 1.29 is 9.59 Å². The number of aromatic nitrogens is 1. The van der Waals surface area contributed by atoms with E-state index in [1.165, 1.54) is 26.2 Å². The molecule has 1 saturated carbocycles. The lowest BCUT2D eigenvalue weighted by molar-refractivity contribution is 0.0905. The molecule has 4 nitrogen and oxygen atoms in total. The molecule has 0 unspecified atom stereocenters. The van der Waals surface area contributed by atoms with Crippen LogP contribution in [0.1, 0.15) is 71.6 Å². The normalized spacial score (nSPS) is 22.6. The van der Waals surface area contributed by atoms with Crippen LogP contribution in [0.25, 0.3) is 0 Å². The minimum Gasteiger partial charge on any atom is -0.354 e. The molecule has 4 heteroatoms. The second-order valence-electron chi connectivity index (χ2n) is 6.02. The van der Waals surface area contributed by atoms with Crippen LogP contribution in [-0.4, -0.2) is 22.7 Å². The summed E-state index contributed by atoms with van der Waals surface area (Å²) in [5, 5.41) is 3.12. The number of Topliss-reactive ketones (excluding diaryl/α,β-unsaturated/α-hetero) is 1. The van der Waals surface area contributed by atoms with Gasteiger partial charge in [-0.2, -0.15) is 0 Å². The molecule has 1 fully saturated rings. The third-order valence-corrected chi connectivity index (χ3v) is 4.44. The molecule has 2 atom stereocenters. The van der Waals surface area contributed by atoms with Crippen LogP contribution in [-0.2, 0) is 0 Å². The fourth-order valence-electron chi connectivity index (χ4n) is 3.28. The largest absolute Gasteiger partial charge is 0.354 e. The van der Waals surface area contributed by atoms with Gasteiger partial charge in [0.15, 0.2) is 5.78 Å². The van der Waals surface area contributed by atoms with Gasteiger partial charge in [0.05, 0.1) is 0 Å². The van der Waals surface area contributed by atoms with Crippen molar-refractivity contribution in [1.82, 2.24) is 10.3 Å². The van der Waals surface area contributed by atoms with Crippen LogP contribution in [0.2, 0.25) is 0 Å². The molecule has 110 valence electrons. The molecule has 20 heavy (non-hydrogen) atoms. The van der Waals surface area contributed by atoms with Crippen molar-refractivity contribution in [3.63, 3.8) is 0 Å². The number of aromatic amines is 1. The highest BCUT2D eigenvalue weighted by molar-refractivity contribution is 6.02. The van der Waals surface area contributed by atoms with Crippen LogP contribution in [0.4, 0.5) is 0 Å². The summed E-state index contributed by atoms with van der Waals surface area (Å²) >= 11 is 0. The van der Waals surface area contributed by atoms with E-state index in [2.05, 4.69) is 17.2 Å². The maximum absolute atomic E-state index is 12.4. The van der Waals surface area contributed by atoms with E-state index >= 15 is 0 Å². The average Bonchev–Trinajstić information content (AvgIpc) is 2.67. The summed E-state index contributed by atoms with van der Waals surface area (Å²) < 4.78 is 0. The Morgan fingerprint density at radius 3 is 2.40 bits per heavy atom. The number of carbonyl (C=O) groups excluding carboxylic acids is 2. The van der Waals surface area contributed by atoms with Crippen molar-refractivity contribution >= 4 is 11.7 Å². The third-order valence-electron chi connectivity index (χ3n) is 4.44. The highest BCUT2D eigenvalue weighted by Gasteiger charge is 2.26. The lowest BCUT2D eigenvalue weighted by Gasteiger charge is -2.29. The van der Waals surface area contributed by atoms with E-state index in [1.807, 2.05) is 13.8 Å². The molecule has 0 saturated heterocycles. The number of hydrogen-bond donors (Lipinski definition) is 2. The van der Waals surface area contributed by atoms with Crippen LogP contribution in [0, 0.1) is 19.8 Å². The molecule has 0 aromatic carbocycles. The van der Waals surface area contributed by atoms with E-state index in [0.29, 0.717) is 17.2 Å². The molecule has 0 aliphatic heterocycles. The van der Waals surface area contributed by atoms with Crippen LogP contribution in [0.3, 0.4) is 0 Å². The zero-order valence-electron chi connectivity index (χ0n) is 12.8. The number of amides is 1. The summed E-state index contributed by atoms with van der Waals surface area (Å²) in [6.07, 6.45) is 4.65. The molecular formula is C16H24N2O2. The number of hydrogen-bond acceptors (Lipinski definition) is 2. The zero-order valence-corrected chi connectivity index (χ0v) is 12.8. The number of ketones is 1. The van der Waals surface area contributed by atoms with Crippen molar-refractivity contribution in [2.24, 2.45) is 5.92 Å². The van der Waals surface area contributed by atoms with Gasteiger partial charge in [-0.15, -0.1) is 0 Å². The summed E-state index contributed by atoms with van der Waals surface area (Å²) in [6, 6.07) is 0.250. The molecule has 2 N–H and O–H groups in total. The van der Waals surface area contributed by atoms with E-state index in [-0.39, 0.29) is 17.7 Å². The van der Waals surface area contributed by atoms with Gasteiger partial charge >= 0.3 is 0 Å². The Morgan fingerprint density at radius 1 is 1.20 bits per heavy atom. The molecule has 0 bridgehead atoms. The van der Waals surface area contributed by atoms with E-state index < -0.39 is 0 Å². The standard InChI is InChI=1S/C16H24N2O2/c1-9-7-5-6-8-13(9)18-16(20)15-10(2)14(12(4)19)11(3)17-15/h9,13,17H,5-8H2,1-4H3,(H,18,20)/t9-,13+/m1/s1. The number of rotatable bonds is 3. The van der Waals surface area contributed by atoms with Gasteiger partial charge in [-0.05, 0) is 45.1 Å². The van der Waals surface area contributed by atoms with E-state index in [1.54, 1.807) is 0 Å². The van der Waals surface area contributed by atoms with E-state index in [4.69, 9.17) is 0 Å². The molecule has 1 heterocycles. The second kappa shape index (κ2) is 5.81. The average molecular weight is 276 g/mol. The number of H-pyrrole nitrogens is 1. The molecule has 2 rings (SSSR count). The molecule has 1 aromatic heterocycles. The molecule has 0 radical (unpaired) electrons. The summed E-state index contributed by atoms with van der Waals surface area (Å²) in [5.74, 6) is 0.439. The lowest BCUT2D eigenvalue weighted by atomic mass is 9.86. The van der Waals surface area contributed by atoms with Crippen LogP contribution in [0.5, 0.6) is 0 Å². The first-order valence-corrected chi connectivity index (χ1v) is 7.42. The van der Waals surface area contributed by atoms with Gasteiger partial charge in [0.1, 0.15) is 5.69 Å². The molecule has 1 aliphatic rings. The van der Waals surface area contributed by atoms with E-state index in [0.717, 1.165) is 17.7 Å². The Bertz CT molecular complexity index is 531. The van der Waals surface area contributed by atoms with E-state index in [9.17, 15) is 9.59 Å². The Balaban J connectivity index is 2.17. The fourth-order valence-corrected chi connectivity index (χ4v) is 3.28. The van der Waals surface area contributed by atoms with Crippen molar-refractivity contribution in [3.05, 3.63) is 22.5 Å². The highest BCUT2D eigenvalue weighted by atomic mass is 16.2. The van der Waals surface area contributed by atoms with Gasteiger partial charge in [0.25, 0.3) is 5.91 Å². The second-order valence-corrected chi connectivity index (χ2v) is 6.02. The van der Waals surface area contributed by atoms with Crippen molar-refractivity contribution in [3.8, 4) is 0 Å². The van der Waals surface area contributed by atoms with Crippen molar-refractivity contribution in [1.29, 1.82) is 0 Å². The Kier molecular flexibility index (Phi) is 4.31. The number of nitrogens with one attached hydrogen (secondary N) is 2. The maximum Gasteiger partial charge on any atom is 0.268 e. The Hall–Kier alpha value is -1.58. The summed E-state index contributed by atoms with van der Waals surface area (Å²) in [4.78, 5) is 27.1. The van der Waals surface area contributed by atoms with Crippen molar-refractivity contribution in [2.45, 2.75) is 59.4 Å². The SMILES string of the molecule is CC(=O)c1c(C)[nH]c(C(=O)N[C@H]2CCCC[C@H]2C)c1C. The number of aryl methyl sites for hydroxylation is 1. The Morgan fingerprint density at radius 2 is 1.85 bits per heavy atom. The maximum atomic E-state index is 12.4. The predicted molar refractivity (Wildman–Crippen MR) is 79.2 cm³/mol. The Labute approximate surface area is 120 Å². The minimum absolute atomic E-state index is 0.00124. The summed E-state index contributed by atoms with van der Waals surface area (Å²) in [7, 11) is 0. The van der Waals surface area contributed by atoms with Gasteiger partial charge in [0, 0.05) is 17.3 Å². The topological polar surface area (TPSA) is 62.0 Å². The fraction of sp³-hybridized carbons (Fsp3) is 0.625. The van der Waals surface area contributed by atoms with Gasteiger partial charge < -0.3 is 10.3 Å². The summed E-state index contributed by atoms with van der Waals surface area (Å²) in [5.41, 5.74) is 2.71. The monoisotopic (exact) mass is 276 g/mol. The molecule has 1 aromatic rings. The first-order chi connectivity index (χ1) is 9.41. The molecular weight excluding hydrogens is 252 g/mol. The highest BCUT2D eigenvalue weighted by Crippen LogP contribution is 2.25. The summed E-state index contributed by atoms with van der Waals surface area (Å²) in [6.45, 7) is 7.40. The van der Waals surface area contributed by atoms with Crippen molar-refractivity contribution in [2.75, 3.05) is 0 Å². The minimum atomic E-state index is -0.0863. The van der Waals surface area contributed by atoms with Crippen LogP contribution in [0.15, 0.2) is 0 Å². The quantitative estimate of drug-likeness (QED) is 0.833. The molecule has 1 amide bonds. The zero-order chi connectivity index (χ0) is 14.9. The van der Waals surface area contributed by atoms with Crippen LogP contribution < -0.4 is 5.32 Å². The molecule has 1 aliphatic carbocycles. The van der Waals surface area contributed by atoms with Gasteiger partial charge in [0.2, 0.25) is 0 Å². The van der Waals surface area contributed by atoms with Crippen LogP contribution >= 0.6 is 0 Å². The first-order valence-electron chi connectivity index (χ1n) is 7.42. The smallest absolute Gasteiger partial charge is 0.268 e. The van der Waals surface area contributed by atoms with Gasteiger partial charge in [-0.3, -0.25) is 9.59 Å². The lowest BCUT2D eigenvalue weighted by Crippen LogP contribution is -2.41. The van der Waals surface area contributed by atoms with Gasteiger partial charge in [-0.1, -0.05) is 19.8 Å². The third kappa shape index (κ3) is 2.79. The number of carbonyl (C=O) groups is 2. The van der Waals surface area contributed by atoms with Gasteiger partial charge in [-0.25, -0.2) is 0 Å². The molecule has 0 spiro atoms. The predicted octanol–water partition coefficient (Wildman–Crippen LogP) is 3.14. The first kappa shape index (κ1) is 14.8.